The van der Waals surface area contributed by atoms with Gasteiger partial charge in [-0.3, -0.25) is 4.90 Å². The third-order valence-corrected chi connectivity index (χ3v) is 6.82. The Bertz CT molecular complexity index is 992. The van der Waals surface area contributed by atoms with Crippen molar-refractivity contribution in [3.05, 3.63) is 102 Å². The molecule has 34 heavy (non-hydrogen) atoms. The summed E-state index contributed by atoms with van der Waals surface area (Å²) < 4.78 is 11.9. The predicted molar refractivity (Wildman–Crippen MR) is 136 cm³/mol. The highest BCUT2D eigenvalue weighted by Crippen LogP contribution is 2.42. The smallest absolute Gasteiger partial charge is 0.338 e. The number of nitrogens with zero attached hydrogens (tertiary/aromatic N) is 1. The molecule has 4 rings (SSSR count). The van der Waals surface area contributed by atoms with Crippen molar-refractivity contribution in [2.45, 2.75) is 31.3 Å². The topological polar surface area (TPSA) is 64.8 Å². The van der Waals surface area contributed by atoms with E-state index in [1.165, 1.54) is 0 Å². The van der Waals surface area contributed by atoms with Gasteiger partial charge in [0.15, 0.2) is 0 Å². The minimum Gasteiger partial charge on any atom is -0.457 e. The first-order chi connectivity index (χ1) is 16.6. The molecule has 1 aliphatic rings. The van der Waals surface area contributed by atoms with Gasteiger partial charge < -0.3 is 15.2 Å². The molecule has 1 heterocycles. The van der Waals surface area contributed by atoms with Gasteiger partial charge in [0.25, 0.3) is 0 Å². The second-order valence-corrected chi connectivity index (χ2v) is 8.83. The average Bonchev–Trinajstić information content (AvgIpc) is 2.90. The maximum Gasteiger partial charge on any atom is 0.338 e. The summed E-state index contributed by atoms with van der Waals surface area (Å²) in [5.74, 6) is -0.325. The van der Waals surface area contributed by atoms with Crippen molar-refractivity contribution in [2.75, 3.05) is 38.6 Å². The molecule has 178 valence electrons. The summed E-state index contributed by atoms with van der Waals surface area (Å²) in [4.78, 5) is 15.7. The van der Waals surface area contributed by atoms with E-state index in [1.54, 1.807) is 24.3 Å². The van der Waals surface area contributed by atoms with Crippen LogP contribution in [0.4, 0.5) is 5.69 Å². The fourth-order valence-electron chi connectivity index (χ4n) is 4.97. The van der Waals surface area contributed by atoms with Crippen LogP contribution in [0, 0.1) is 0 Å². The van der Waals surface area contributed by atoms with E-state index in [0.717, 1.165) is 50.4 Å². The number of carbonyl (C=O) groups excluding carboxylic acids is 1. The zero-order chi connectivity index (χ0) is 23.8. The second kappa shape index (κ2) is 11.3. The highest BCUT2D eigenvalue weighted by Gasteiger charge is 2.44. The Hall–Kier alpha value is -3.15. The molecule has 2 N–H and O–H groups in total. The van der Waals surface area contributed by atoms with Crippen LogP contribution < -0.4 is 5.73 Å². The summed E-state index contributed by atoms with van der Waals surface area (Å²) >= 11 is 0. The SMILES string of the molecule is CCC(OC(=O)c1ccc(N)cc1)C(CCN1CCOCC1)(c1ccccc1)c1ccccc1. The third kappa shape index (κ3) is 5.32. The molecular weight excluding hydrogens is 424 g/mol. The van der Waals surface area contributed by atoms with E-state index in [9.17, 15) is 4.79 Å². The number of morpholine rings is 1. The van der Waals surface area contributed by atoms with Gasteiger partial charge in [0, 0.05) is 18.8 Å². The van der Waals surface area contributed by atoms with Gasteiger partial charge in [-0.15, -0.1) is 0 Å². The number of anilines is 1. The Morgan fingerprint density at radius 2 is 1.50 bits per heavy atom. The van der Waals surface area contributed by atoms with Gasteiger partial charge in [-0.05, 0) is 54.8 Å². The van der Waals surface area contributed by atoms with Crippen molar-refractivity contribution in [3.63, 3.8) is 0 Å². The normalized spacial score (nSPS) is 15.6. The minimum absolute atomic E-state index is 0.325. The minimum atomic E-state index is -0.487. The van der Waals surface area contributed by atoms with E-state index >= 15 is 0 Å². The summed E-state index contributed by atoms with van der Waals surface area (Å²) in [6, 6.07) is 27.9. The third-order valence-electron chi connectivity index (χ3n) is 6.82. The van der Waals surface area contributed by atoms with Crippen molar-refractivity contribution < 1.29 is 14.3 Å². The molecule has 1 fully saturated rings. The summed E-state index contributed by atoms with van der Waals surface area (Å²) in [5, 5.41) is 0. The lowest BCUT2D eigenvalue weighted by Gasteiger charge is -2.42. The van der Waals surface area contributed by atoms with E-state index in [0.29, 0.717) is 17.7 Å². The van der Waals surface area contributed by atoms with Gasteiger partial charge >= 0.3 is 5.97 Å². The number of ether oxygens (including phenoxy) is 2. The molecule has 1 aliphatic heterocycles. The first-order valence-corrected chi connectivity index (χ1v) is 12.1. The van der Waals surface area contributed by atoms with Crippen LogP contribution in [0.15, 0.2) is 84.9 Å². The molecule has 3 aromatic rings. The van der Waals surface area contributed by atoms with Gasteiger partial charge in [-0.2, -0.15) is 0 Å². The van der Waals surface area contributed by atoms with Crippen molar-refractivity contribution in [3.8, 4) is 0 Å². The van der Waals surface area contributed by atoms with Crippen LogP contribution >= 0.6 is 0 Å². The number of esters is 1. The largest absolute Gasteiger partial charge is 0.457 e. The van der Waals surface area contributed by atoms with Crippen LogP contribution in [0.5, 0.6) is 0 Å². The molecule has 5 heteroatoms. The molecule has 0 aromatic heterocycles. The van der Waals surface area contributed by atoms with Crippen molar-refractivity contribution in [2.24, 2.45) is 0 Å². The van der Waals surface area contributed by atoms with E-state index in [1.807, 2.05) is 12.1 Å². The summed E-state index contributed by atoms with van der Waals surface area (Å²) in [6.45, 7) is 6.34. The number of hydrogen-bond acceptors (Lipinski definition) is 5. The standard InChI is InChI=1S/C29H34N2O3/c1-2-27(34-28(32)23-13-15-26(30)16-14-23)29(24-9-5-3-6-10-24,25-11-7-4-8-12-25)17-18-31-19-21-33-22-20-31/h3-16,27H,2,17-22,30H2,1H3. The molecule has 5 nitrogen and oxygen atoms in total. The van der Waals surface area contributed by atoms with E-state index in [4.69, 9.17) is 15.2 Å². The monoisotopic (exact) mass is 458 g/mol. The zero-order valence-electron chi connectivity index (χ0n) is 19.9. The summed E-state index contributed by atoms with van der Waals surface area (Å²) in [7, 11) is 0. The van der Waals surface area contributed by atoms with Crippen LogP contribution in [0.1, 0.15) is 41.3 Å². The maximum absolute atomic E-state index is 13.3. The van der Waals surface area contributed by atoms with Crippen LogP contribution in [-0.4, -0.2) is 49.8 Å². The van der Waals surface area contributed by atoms with Gasteiger partial charge in [-0.1, -0.05) is 67.6 Å². The lowest BCUT2D eigenvalue weighted by atomic mass is 9.67. The van der Waals surface area contributed by atoms with Crippen molar-refractivity contribution in [1.29, 1.82) is 0 Å². The first kappa shape index (κ1) is 24.0. The number of benzene rings is 3. The van der Waals surface area contributed by atoms with Crippen LogP contribution in [-0.2, 0) is 14.9 Å². The van der Waals surface area contributed by atoms with Gasteiger partial charge in [0.05, 0.1) is 24.2 Å². The Labute approximate surface area is 202 Å². The van der Waals surface area contributed by atoms with E-state index in [2.05, 4.69) is 60.4 Å². The van der Waals surface area contributed by atoms with E-state index in [-0.39, 0.29) is 12.1 Å². The Balaban J connectivity index is 1.74. The van der Waals surface area contributed by atoms with Crippen LogP contribution in [0.25, 0.3) is 0 Å². The zero-order valence-corrected chi connectivity index (χ0v) is 19.9. The molecule has 1 saturated heterocycles. The average molecular weight is 459 g/mol. The lowest BCUT2D eigenvalue weighted by Crippen LogP contribution is -2.47. The fourth-order valence-corrected chi connectivity index (χ4v) is 4.97. The highest BCUT2D eigenvalue weighted by atomic mass is 16.5. The fraction of sp³-hybridized carbons (Fsp3) is 0.345. The molecule has 0 saturated carbocycles. The molecule has 1 atom stereocenters. The summed E-state index contributed by atoms with van der Waals surface area (Å²) in [6.07, 6.45) is 1.17. The predicted octanol–water partition coefficient (Wildman–Crippen LogP) is 4.91. The molecule has 0 aliphatic carbocycles. The van der Waals surface area contributed by atoms with Crippen LogP contribution in [0.2, 0.25) is 0 Å². The number of carbonyl (C=O) groups is 1. The second-order valence-electron chi connectivity index (χ2n) is 8.83. The maximum atomic E-state index is 13.3. The molecule has 3 aromatic carbocycles. The van der Waals surface area contributed by atoms with E-state index < -0.39 is 5.41 Å². The quantitative estimate of drug-likeness (QED) is 0.364. The molecule has 0 bridgehead atoms. The number of nitrogen functional groups attached to an aromatic ring is 1. The van der Waals surface area contributed by atoms with Crippen molar-refractivity contribution in [1.82, 2.24) is 4.90 Å². The molecular formula is C29H34N2O3. The molecule has 0 radical (unpaired) electrons. The van der Waals surface area contributed by atoms with Gasteiger partial charge in [0.1, 0.15) is 6.10 Å². The van der Waals surface area contributed by atoms with Crippen LogP contribution in [0.3, 0.4) is 0 Å². The Morgan fingerprint density at radius 3 is 2.03 bits per heavy atom. The summed E-state index contributed by atoms with van der Waals surface area (Å²) in [5.41, 5.74) is 8.78. The highest BCUT2D eigenvalue weighted by molar-refractivity contribution is 5.90. The molecule has 0 amide bonds. The Morgan fingerprint density at radius 1 is 0.941 bits per heavy atom. The molecule has 1 unspecified atom stereocenters. The Kier molecular flexibility index (Phi) is 7.99. The first-order valence-electron chi connectivity index (χ1n) is 12.1. The lowest BCUT2D eigenvalue weighted by molar-refractivity contribution is 0.00220. The van der Waals surface area contributed by atoms with Crippen molar-refractivity contribution >= 4 is 11.7 Å². The van der Waals surface area contributed by atoms with Gasteiger partial charge in [0.2, 0.25) is 0 Å². The molecule has 0 spiro atoms. The number of hydrogen-bond donors (Lipinski definition) is 1. The van der Waals surface area contributed by atoms with Gasteiger partial charge in [-0.25, -0.2) is 4.79 Å². The number of rotatable bonds is 9. The number of nitrogens with two attached hydrogens (primary N) is 1.